The Morgan fingerprint density at radius 2 is 1.48 bits per heavy atom. The lowest BCUT2D eigenvalue weighted by atomic mass is 10.0. The summed E-state index contributed by atoms with van der Waals surface area (Å²) < 4.78 is 10.5. The third-order valence-corrected chi connectivity index (χ3v) is 5.21. The summed E-state index contributed by atoms with van der Waals surface area (Å²) in [5.41, 5.74) is 14.5. The highest BCUT2D eigenvalue weighted by Gasteiger charge is 2.20. The molecule has 2 atom stereocenters. The summed E-state index contributed by atoms with van der Waals surface area (Å²) in [5.74, 6) is 0.704. The van der Waals surface area contributed by atoms with Gasteiger partial charge in [-0.2, -0.15) is 0 Å². The number of ether oxygens (including phenoxy) is 2. The van der Waals surface area contributed by atoms with Gasteiger partial charge in [-0.1, -0.05) is 24.3 Å². The van der Waals surface area contributed by atoms with Crippen LogP contribution in [0.4, 0.5) is 0 Å². The van der Waals surface area contributed by atoms with Gasteiger partial charge in [0.15, 0.2) is 0 Å². The van der Waals surface area contributed by atoms with E-state index in [0.29, 0.717) is 44.1 Å². The molecule has 0 aliphatic rings. The van der Waals surface area contributed by atoms with Crippen molar-refractivity contribution in [3.8, 4) is 11.5 Å². The number of methoxy groups -OCH3 is 2. The number of nitrogens with two attached hydrogens (primary N) is 2. The molecule has 0 radical (unpaired) electrons. The van der Waals surface area contributed by atoms with Crippen molar-refractivity contribution in [3.63, 3.8) is 0 Å². The lowest BCUT2D eigenvalue weighted by molar-refractivity contribution is -0.129. The van der Waals surface area contributed by atoms with Gasteiger partial charge in [0.25, 0.3) is 0 Å². The van der Waals surface area contributed by atoms with E-state index in [1.54, 1.807) is 27.2 Å². The van der Waals surface area contributed by atoms with Gasteiger partial charge in [0.05, 0.1) is 20.3 Å². The van der Waals surface area contributed by atoms with E-state index in [0.717, 1.165) is 16.7 Å². The molecule has 180 valence electrons. The predicted octanol–water partition coefficient (Wildman–Crippen LogP) is 0.791. The predicted molar refractivity (Wildman–Crippen MR) is 128 cm³/mol. The molecular formula is C24H35N5O4. The Labute approximate surface area is 195 Å². The van der Waals surface area contributed by atoms with Crippen LogP contribution in [0.3, 0.4) is 0 Å². The molecule has 2 amide bonds. The molecule has 9 heteroatoms. The Morgan fingerprint density at radius 3 is 2.03 bits per heavy atom. The summed E-state index contributed by atoms with van der Waals surface area (Å²) in [6.07, 6.45) is 0.987. The summed E-state index contributed by atoms with van der Waals surface area (Å²) in [4.78, 5) is 24.8. The first-order chi connectivity index (χ1) is 15.9. The molecule has 2 aromatic rings. The fourth-order valence-electron chi connectivity index (χ4n) is 3.18. The number of carbonyl (C=O) groups is 2. The number of amides is 2. The molecule has 7 N–H and O–H groups in total. The lowest BCUT2D eigenvalue weighted by Crippen LogP contribution is -2.50. The molecule has 9 nitrogen and oxygen atoms in total. The van der Waals surface area contributed by atoms with Gasteiger partial charge >= 0.3 is 0 Å². The maximum atomic E-state index is 12.4. The molecule has 0 heterocycles. The van der Waals surface area contributed by atoms with Gasteiger partial charge in [0.2, 0.25) is 11.8 Å². The van der Waals surface area contributed by atoms with Crippen molar-refractivity contribution in [1.29, 1.82) is 0 Å². The lowest BCUT2D eigenvalue weighted by Gasteiger charge is -2.18. The van der Waals surface area contributed by atoms with Crippen LogP contribution in [0.25, 0.3) is 0 Å². The average Bonchev–Trinajstić information content (AvgIpc) is 2.84. The minimum absolute atomic E-state index is 0.276. The van der Waals surface area contributed by atoms with Gasteiger partial charge in [0.1, 0.15) is 17.5 Å². The van der Waals surface area contributed by atoms with Crippen molar-refractivity contribution in [3.05, 3.63) is 59.2 Å². The molecule has 0 fully saturated rings. The Morgan fingerprint density at radius 1 is 0.909 bits per heavy atom. The van der Waals surface area contributed by atoms with Crippen LogP contribution in [0.2, 0.25) is 0 Å². The number of aryl methyl sites for hydroxylation is 1. The molecular weight excluding hydrogens is 422 g/mol. The Hall–Kier alpha value is -3.14. The van der Waals surface area contributed by atoms with Gasteiger partial charge in [-0.05, 0) is 48.6 Å². The first kappa shape index (κ1) is 26.1. The summed E-state index contributed by atoms with van der Waals surface area (Å²) in [7, 11) is 3.17. The zero-order valence-electron chi connectivity index (χ0n) is 19.5. The van der Waals surface area contributed by atoms with Crippen LogP contribution in [0.1, 0.15) is 30.0 Å². The Balaban J connectivity index is 1.78. The summed E-state index contributed by atoms with van der Waals surface area (Å²) in [5, 5.41) is 8.57. The molecule has 0 unspecified atom stereocenters. The summed E-state index contributed by atoms with van der Waals surface area (Å²) in [6, 6.07) is 11.9. The van der Waals surface area contributed by atoms with Crippen LogP contribution < -0.4 is 36.9 Å². The average molecular weight is 458 g/mol. The van der Waals surface area contributed by atoms with Crippen LogP contribution in [0.15, 0.2) is 42.5 Å². The van der Waals surface area contributed by atoms with E-state index in [-0.39, 0.29) is 11.8 Å². The molecule has 0 aliphatic carbocycles. The molecule has 2 rings (SSSR count). The van der Waals surface area contributed by atoms with Crippen LogP contribution >= 0.6 is 0 Å². The van der Waals surface area contributed by atoms with Crippen LogP contribution in [-0.4, -0.2) is 44.8 Å². The molecule has 0 saturated heterocycles. The number of nitrogens with one attached hydrogen (secondary N) is 3. The number of rotatable bonds is 13. The van der Waals surface area contributed by atoms with E-state index < -0.39 is 12.1 Å². The second-order valence-corrected chi connectivity index (χ2v) is 7.76. The third kappa shape index (κ3) is 8.72. The third-order valence-electron chi connectivity index (χ3n) is 5.21. The van der Waals surface area contributed by atoms with Gasteiger partial charge in [-0.15, -0.1) is 0 Å². The monoisotopic (exact) mass is 457 g/mol. The smallest absolute Gasteiger partial charge is 0.242 e. The van der Waals surface area contributed by atoms with Crippen molar-refractivity contribution in [2.24, 2.45) is 11.5 Å². The van der Waals surface area contributed by atoms with Crippen molar-refractivity contribution in [2.45, 2.75) is 44.9 Å². The van der Waals surface area contributed by atoms with Crippen LogP contribution in [0.5, 0.6) is 11.5 Å². The fraction of sp³-hybridized carbons (Fsp3) is 0.417. The highest BCUT2D eigenvalue weighted by Crippen LogP contribution is 2.23. The second-order valence-electron chi connectivity index (χ2n) is 7.76. The van der Waals surface area contributed by atoms with E-state index in [1.807, 2.05) is 36.4 Å². The number of hydrogen-bond donors (Lipinski definition) is 5. The van der Waals surface area contributed by atoms with Crippen molar-refractivity contribution in [2.75, 3.05) is 20.9 Å². The molecule has 0 bridgehead atoms. The standard InChI is InChI=1S/C24H35N5O4/c1-16(23(30)28-14-18-6-4-17(5-7-18)13-27-15-25)29-24(31)22(26)9-8-19-10-20(32-2)12-21(11-19)33-3/h4-7,10-12,16,22,27H,8-9,13-15,25-26H2,1-3H3,(H,28,30)(H,29,31)/t16-,22+/m0/s1. The maximum absolute atomic E-state index is 12.4. The fourth-order valence-corrected chi connectivity index (χ4v) is 3.18. The molecule has 0 saturated carbocycles. The molecule has 0 spiro atoms. The van der Waals surface area contributed by atoms with Gasteiger partial charge < -0.3 is 36.9 Å². The molecule has 33 heavy (non-hydrogen) atoms. The van der Waals surface area contributed by atoms with Gasteiger partial charge in [-0.25, -0.2) is 0 Å². The van der Waals surface area contributed by atoms with E-state index >= 15 is 0 Å². The van der Waals surface area contributed by atoms with Crippen molar-refractivity contribution in [1.82, 2.24) is 16.0 Å². The van der Waals surface area contributed by atoms with E-state index in [9.17, 15) is 9.59 Å². The second kappa shape index (κ2) is 13.4. The van der Waals surface area contributed by atoms with Gasteiger partial charge in [0, 0.05) is 25.8 Å². The summed E-state index contributed by atoms with van der Waals surface area (Å²) >= 11 is 0. The zero-order chi connectivity index (χ0) is 24.2. The number of carbonyl (C=O) groups excluding carboxylic acids is 2. The van der Waals surface area contributed by atoms with E-state index in [2.05, 4.69) is 16.0 Å². The summed E-state index contributed by atoms with van der Waals surface area (Å²) in [6.45, 7) is 3.11. The Kier molecular flexibility index (Phi) is 10.6. The minimum Gasteiger partial charge on any atom is -0.497 e. The highest BCUT2D eigenvalue weighted by molar-refractivity contribution is 5.89. The van der Waals surface area contributed by atoms with E-state index in [4.69, 9.17) is 20.9 Å². The largest absolute Gasteiger partial charge is 0.497 e. The highest BCUT2D eigenvalue weighted by atomic mass is 16.5. The molecule has 0 aromatic heterocycles. The topological polar surface area (TPSA) is 141 Å². The number of benzene rings is 2. The van der Waals surface area contributed by atoms with Gasteiger partial charge in [-0.3, -0.25) is 9.59 Å². The Bertz CT molecular complexity index is 882. The van der Waals surface area contributed by atoms with E-state index in [1.165, 1.54) is 0 Å². The normalized spacial score (nSPS) is 12.5. The minimum atomic E-state index is -0.743. The first-order valence-corrected chi connectivity index (χ1v) is 10.9. The molecule has 2 aromatic carbocycles. The zero-order valence-corrected chi connectivity index (χ0v) is 19.5. The molecule has 0 aliphatic heterocycles. The van der Waals surface area contributed by atoms with Crippen LogP contribution in [0, 0.1) is 0 Å². The quantitative estimate of drug-likeness (QED) is 0.280. The number of hydrogen-bond acceptors (Lipinski definition) is 7. The van der Waals surface area contributed by atoms with Crippen molar-refractivity contribution < 1.29 is 19.1 Å². The van der Waals surface area contributed by atoms with Crippen LogP contribution in [-0.2, 0) is 29.1 Å². The van der Waals surface area contributed by atoms with Crippen molar-refractivity contribution >= 4 is 11.8 Å². The SMILES string of the molecule is COc1cc(CC[C@@H](N)C(=O)N[C@@H](C)C(=O)NCc2ccc(CNCN)cc2)cc(OC)c1. The first-order valence-electron chi connectivity index (χ1n) is 10.9. The maximum Gasteiger partial charge on any atom is 0.242 e.